The fourth-order valence-corrected chi connectivity index (χ4v) is 3.19. The van der Waals surface area contributed by atoms with E-state index in [0.717, 1.165) is 0 Å². The molecule has 3 aromatic rings. The number of hydrogen-bond acceptors (Lipinski definition) is 1. The van der Waals surface area contributed by atoms with Crippen LogP contribution < -0.4 is 0 Å². The monoisotopic (exact) mass is 434 g/mol. The molecule has 0 aliphatic heterocycles. The molecule has 0 atom stereocenters. The van der Waals surface area contributed by atoms with Crippen molar-refractivity contribution in [3.05, 3.63) is 56.7 Å². The Hall–Kier alpha value is -0.980. The summed E-state index contributed by atoms with van der Waals surface area (Å²) < 4.78 is 30.3. The van der Waals surface area contributed by atoms with Crippen LogP contribution in [-0.4, -0.2) is 9.55 Å². The van der Waals surface area contributed by atoms with Crippen molar-refractivity contribution in [3.63, 3.8) is 0 Å². The average Bonchev–Trinajstić information content (AvgIpc) is 2.77. The van der Waals surface area contributed by atoms with E-state index in [1.807, 2.05) is 0 Å². The number of imidazole rings is 1. The molecule has 2 nitrogen and oxygen atoms in total. The molecular formula is C14H7Br2ClF2N2. The number of alkyl halides is 1. The summed E-state index contributed by atoms with van der Waals surface area (Å²) in [6, 6.07) is 7.52. The molecule has 3 rings (SSSR count). The SMILES string of the molecule is Fc1cc2nc(CCl)n(-c3c(F)cccc3Br)c2cc1Br. The third-order valence-corrected chi connectivity index (χ3v) is 4.53. The minimum Gasteiger partial charge on any atom is -0.291 e. The maximum absolute atomic E-state index is 14.2. The molecule has 0 saturated carbocycles. The molecule has 0 amide bonds. The van der Waals surface area contributed by atoms with Gasteiger partial charge in [0.05, 0.1) is 27.1 Å². The van der Waals surface area contributed by atoms with Gasteiger partial charge in [-0.15, -0.1) is 11.6 Å². The summed E-state index contributed by atoms with van der Waals surface area (Å²) in [5, 5.41) is 0. The Kier molecular flexibility index (Phi) is 4.03. The highest BCUT2D eigenvalue weighted by atomic mass is 79.9. The predicted molar refractivity (Wildman–Crippen MR) is 85.9 cm³/mol. The second kappa shape index (κ2) is 5.66. The van der Waals surface area contributed by atoms with E-state index in [9.17, 15) is 8.78 Å². The van der Waals surface area contributed by atoms with Crippen molar-refractivity contribution in [1.29, 1.82) is 0 Å². The number of benzene rings is 2. The smallest absolute Gasteiger partial charge is 0.148 e. The van der Waals surface area contributed by atoms with Gasteiger partial charge in [-0.3, -0.25) is 4.57 Å². The first-order valence-electron chi connectivity index (χ1n) is 5.89. The van der Waals surface area contributed by atoms with E-state index in [1.54, 1.807) is 22.8 Å². The standard InChI is InChI=1S/C14H7Br2ClF2N2/c15-7-2-1-3-9(18)14(7)21-12-4-8(16)10(19)5-11(12)20-13(21)6-17/h1-5H,6H2. The molecule has 0 aliphatic rings. The zero-order chi connectivity index (χ0) is 15.1. The number of aromatic nitrogens is 2. The molecule has 1 heterocycles. The summed E-state index contributed by atoms with van der Waals surface area (Å²) in [6.45, 7) is 0. The summed E-state index contributed by atoms with van der Waals surface area (Å²) in [5.41, 5.74) is 1.29. The first-order chi connectivity index (χ1) is 10.0. The average molecular weight is 436 g/mol. The summed E-state index contributed by atoms with van der Waals surface area (Å²) in [6.07, 6.45) is 0. The lowest BCUT2D eigenvalue weighted by Crippen LogP contribution is -2.03. The molecule has 0 spiro atoms. The minimum atomic E-state index is -0.430. The van der Waals surface area contributed by atoms with Crippen molar-refractivity contribution in [2.45, 2.75) is 5.88 Å². The van der Waals surface area contributed by atoms with Crippen molar-refractivity contribution >= 4 is 54.5 Å². The van der Waals surface area contributed by atoms with Crippen LogP contribution in [0.15, 0.2) is 39.3 Å². The van der Waals surface area contributed by atoms with Gasteiger partial charge in [0.2, 0.25) is 0 Å². The van der Waals surface area contributed by atoms with Crippen LogP contribution in [-0.2, 0) is 5.88 Å². The highest BCUT2D eigenvalue weighted by Gasteiger charge is 2.18. The van der Waals surface area contributed by atoms with E-state index >= 15 is 0 Å². The summed E-state index contributed by atoms with van der Waals surface area (Å²) in [7, 11) is 0. The molecule has 0 radical (unpaired) electrons. The van der Waals surface area contributed by atoms with Crippen molar-refractivity contribution in [2.24, 2.45) is 0 Å². The molecule has 0 bridgehead atoms. The Balaban J connectivity index is 2.43. The highest BCUT2D eigenvalue weighted by Crippen LogP contribution is 2.32. The largest absolute Gasteiger partial charge is 0.291 e. The van der Waals surface area contributed by atoms with Gasteiger partial charge in [0.15, 0.2) is 0 Å². The Morgan fingerprint density at radius 1 is 1.10 bits per heavy atom. The van der Waals surface area contributed by atoms with Gasteiger partial charge in [-0.2, -0.15) is 0 Å². The predicted octanol–water partition coefficient (Wildman–Crippen LogP) is 5.57. The Bertz CT molecular complexity index is 828. The Morgan fingerprint density at radius 2 is 1.86 bits per heavy atom. The van der Waals surface area contributed by atoms with Crippen molar-refractivity contribution < 1.29 is 8.78 Å². The summed E-state index contributed by atoms with van der Waals surface area (Å²) in [4.78, 5) is 4.27. The van der Waals surface area contributed by atoms with Crippen LogP contribution in [0, 0.1) is 11.6 Å². The maximum atomic E-state index is 14.2. The van der Waals surface area contributed by atoms with E-state index in [4.69, 9.17) is 11.6 Å². The molecule has 0 N–H and O–H groups in total. The number of fused-ring (bicyclic) bond motifs is 1. The highest BCUT2D eigenvalue weighted by molar-refractivity contribution is 9.10. The van der Waals surface area contributed by atoms with Gasteiger partial charge in [-0.1, -0.05) is 6.07 Å². The van der Waals surface area contributed by atoms with Crippen LogP contribution in [0.25, 0.3) is 16.7 Å². The normalized spacial score (nSPS) is 11.3. The number of rotatable bonds is 2. The van der Waals surface area contributed by atoms with Gasteiger partial charge in [0.25, 0.3) is 0 Å². The van der Waals surface area contributed by atoms with Gasteiger partial charge in [-0.25, -0.2) is 13.8 Å². The lowest BCUT2D eigenvalue weighted by atomic mass is 10.2. The number of hydrogen-bond donors (Lipinski definition) is 0. The lowest BCUT2D eigenvalue weighted by Gasteiger charge is -2.11. The second-order valence-electron chi connectivity index (χ2n) is 4.32. The van der Waals surface area contributed by atoms with Crippen molar-refractivity contribution in [1.82, 2.24) is 9.55 Å². The topological polar surface area (TPSA) is 17.8 Å². The Labute approximate surface area is 141 Å². The number of halogens is 5. The lowest BCUT2D eigenvalue weighted by molar-refractivity contribution is 0.616. The zero-order valence-corrected chi connectivity index (χ0v) is 14.3. The number of nitrogens with zero attached hydrogens (tertiary/aromatic N) is 2. The fraction of sp³-hybridized carbons (Fsp3) is 0.0714. The molecule has 2 aromatic carbocycles. The molecule has 0 unspecified atom stereocenters. The molecule has 1 aromatic heterocycles. The van der Waals surface area contributed by atoms with E-state index in [1.165, 1.54) is 12.1 Å². The van der Waals surface area contributed by atoms with E-state index in [-0.39, 0.29) is 10.4 Å². The van der Waals surface area contributed by atoms with Gasteiger partial charge in [-0.05, 0) is 50.1 Å². The summed E-state index contributed by atoms with van der Waals surface area (Å²) in [5.74, 6) is -0.333. The van der Waals surface area contributed by atoms with Gasteiger partial charge in [0, 0.05) is 10.5 Å². The number of para-hydroxylation sites is 1. The molecule has 0 fully saturated rings. The van der Waals surface area contributed by atoms with Gasteiger partial charge >= 0.3 is 0 Å². The molecule has 0 saturated heterocycles. The van der Waals surface area contributed by atoms with Gasteiger partial charge < -0.3 is 0 Å². The van der Waals surface area contributed by atoms with Crippen molar-refractivity contribution in [3.8, 4) is 5.69 Å². The summed E-state index contributed by atoms with van der Waals surface area (Å²) >= 11 is 12.4. The minimum absolute atomic E-state index is 0.0781. The molecule has 7 heteroatoms. The zero-order valence-electron chi connectivity index (χ0n) is 10.4. The molecule has 21 heavy (non-hydrogen) atoms. The van der Waals surface area contributed by atoms with Crippen LogP contribution in [0.4, 0.5) is 8.78 Å². The quantitative estimate of drug-likeness (QED) is 0.481. The fourth-order valence-electron chi connectivity index (χ4n) is 2.16. The first-order valence-corrected chi connectivity index (χ1v) is 8.01. The maximum Gasteiger partial charge on any atom is 0.148 e. The van der Waals surface area contributed by atoms with E-state index in [0.29, 0.717) is 27.0 Å². The van der Waals surface area contributed by atoms with Gasteiger partial charge in [0.1, 0.15) is 17.5 Å². The third-order valence-electron chi connectivity index (χ3n) is 3.05. The van der Waals surface area contributed by atoms with Crippen LogP contribution in [0.2, 0.25) is 0 Å². The van der Waals surface area contributed by atoms with E-state index < -0.39 is 11.6 Å². The third kappa shape index (κ3) is 2.49. The molecule has 108 valence electrons. The van der Waals surface area contributed by atoms with Crippen LogP contribution in [0.3, 0.4) is 0 Å². The Morgan fingerprint density at radius 3 is 2.52 bits per heavy atom. The first kappa shape index (κ1) is 14.9. The van der Waals surface area contributed by atoms with Crippen LogP contribution in [0.1, 0.15) is 5.82 Å². The second-order valence-corrected chi connectivity index (χ2v) is 6.30. The molecular weight excluding hydrogens is 429 g/mol. The van der Waals surface area contributed by atoms with Crippen molar-refractivity contribution in [2.75, 3.05) is 0 Å². The van der Waals surface area contributed by atoms with E-state index in [2.05, 4.69) is 36.8 Å². The van der Waals surface area contributed by atoms with Crippen LogP contribution in [0.5, 0.6) is 0 Å². The molecule has 0 aliphatic carbocycles. The van der Waals surface area contributed by atoms with Crippen LogP contribution >= 0.6 is 43.5 Å².